The first kappa shape index (κ1) is 8.67. The fourth-order valence-corrected chi connectivity index (χ4v) is 0.859. The second-order valence-electron chi connectivity index (χ2n) is 2.33. The second-order valence-corrected chi connectivity index (χ2v) is 2.33. The fourth-order valence-electron chi connectivity index (χ4n) is 0.859. The third-order valence-electron chi connectivity index (χ3n) is 1.43. The summed E-state index contributed by atoms with van der Waals surface area (Å²) in [6.07, 6.45) is 3.46. The summed E-state index contributed by atoms with van der Waals surface area (Å²) in [7, 11) is 1.70. The first-order valence-electron chi connectivity index (χ1n) is 3.64. The molecule has 0 saturated heterocycles. The number of hydrogen-bond acceptors (Lipinski definition) is 3. The molecule has 1 heterocycles. The van der Waals surface area contributed by atoms with Crippen molar-refractivity contribution < 1.29 is 0 Å². The molecule has 0 amide bonds. The summed E-state index contributed by atoms with van der Waals surface area (Å²) in [5, 5.41) is 1.57. The smallest absolute Gasteiger partial charge is 0.121 e. The van der Waals surface area contributed by atoms with Gasteiger partial charge in [-0.2, -0.15) is 0 Å². The van der Waals surface area contributed by atoms with Crippen molar-refractivity contribution in [2.75, 3.05) is 7.05 Å². The molecule has 0 aliphatic carbocycles. The Morgan fingerprint density at radius 1 is 1.75 bits per heavy atom. The van der Waals surface area contributed by atoms with Gasteiger partial charge in [-0.1, -0.05) is 6.58 Å². The maximum absolute atomic E-state index is 5.39. The van der Waals surface area contributed by atoms with Gasteiger partial charge in [-0.3, -0.25) is 4.99 Å². The number of H-pyrrole nitrogens is 1. The van der Waals surface area contributed by atoms with Crippen molar-refractivity contribution in [2.24, 2.45) is 10.7 Å². The van der Waals surface area contributed by atoms with Crippen LogP contribution in [0, 0.1) is 0 Å². The summed E-state index contributed by atoms with van der Waals surface area (Å²) in [6.45, 7) is 4.18. The van der Waals surface area contributed by atoms with E-state index in [-0.39, 0.29) is 0 Å². The summed E-state index contributed by atoms with van der Waals surface area (Å²) in [6, 6.07) is 0. The summed E-state index contributed by atoms with van der Waals surface area (Å²) in [5.41, 5.74) is 5.39. The zero-order valence-corrected chi connectivity index (χ0v) is 7.04. The number of nitrogens with two attached hydrogens (primary N) is 1. The van der Waals surface area contributed by atoms with Gasteiger partial charge in [0.05, 0.1) is 17.2 Å². The van der Waals surface area contributed by atoms with E-state index in [0.29, 0.717) is 6.54 Å². The topological polar surface area (TPSA) is 67.1 Å². The predicted molar refractivity (Wildman–Crippen MR) is 50.1 cm³/mol. The number of rotatable bonds is 2. The molecule has 0 fully saturated rings. The van der Waals surface area contributed by atoms with Crippen LogP contribution in [0.3, 0.4) is 0 Å². The molecule has 0 spiro atoms. The fraction of sp³-hybridized carbons (Fsp3) is 0.250. The van der Waals surface area contributed by atoms with Crippen LogP contribution in [0.25, 0.3) is 12.7 Å². The van der Waals surface area contributed by atoms with Gasteiger partial charge in [0, 0.05) is 13.3 Å². The molecule has 3 N–H and O–H groups in total. The molecule has 1 aromatic rings. The maximum Gasteiger partial charge on any atom is 0.121 e. The largest absolute Gasteiger partial charge is 0.341 e. The van der Waals surface area contributed by atoms with E-state index in [4.69, 9.17) is 5.73 Å². The molecule has 0 saturated carbocycles. The zero-order chi connectivity index (χ0) is 8.97. The van der Waals surface area contributed by atoms with Crippen molar-refractivity contribution in [3.63, 3.8) is 0 Å². The van der Waals surface area contributed by atoms with Gasteiger partial charge >= 0.3 is 0 Å². The van der Waals surface area contributed by atoms with Gasteiger partial charge in [-0.05, 0) is 6.08 Å². The normalized spacial score (nSPS) is 13.0. The van der Waals surface area contributed by atoms with Crippen LogP contribution in [0.4, 0.5) is 0 Å². The Hall–Kier alpha value is -1.42. The second kappa shape index (κ2) is 3.82. The molecule has 0 aliphatic rings. The van der Waals surface area contributed by atoms with Crippen molar-refractivity contribution in [3.8, 4) is 0 Å². The molecule has 0 radical (unpaired) electrons. The summed E-state index contributed by atoms with van der Waals surface area (Å²) in [4.78, 5) is 11.0. The van der Waals surface area contributed by atoms with Gasteiger partial charge in [-0.15, -0.1) is 0 Å². The Bertz CT molecular complexity index is 374. The monoisotopic (exact) mass is 164 g/mol. The Morgan fingerprint density at radius 3 is 3.00 bits per heavy atom. The molecule has 64 valence electrons. The molecule has 0 aromatic carbocycles. The van der Waals surface area contributed by atoms with Crippen LogP contribution in [-0.4, -0.2) is 23.2 Å². The lowest BCUT2D eigenvalue weighted by Gasteiger charge is -1.81. The quantitative estimate of drug-likeness (QED) is 0.537. The van der Waals surface area contributed by atoms with E-state index in [2.05, 4.69) is 21.5 Å². The molecular weight excluding hydrogens is 152 g/mol. The Morgan fingerprint density at radius 2 is 2.50 bits per heavy atom. The van der Waals surface area contributed by atoms with Crippen molar-refractivity contribution >= 4 is 18.9 Å². The van der Waals surface area contributed by atoms with Gasteiger partial charge in [0.25, 0.3) is 0 Å². The third-order valence-corrected chi connectivity index (χ3v) is 1.43. The first-order valence-corrected chi connectivity index (χ1v) is 3.64. The van der Waals surface area contributed by atoms with E-state index < -0.39 is 0 Å². The van der Waals surface area contributed by atoms with Gasteiger partial charge in [0.2, 0.25) is 0 Å². The summed E-state index contributed by atoms with van der Waals surface area (Å²) in [5.74, 6) is 0.746. The molecule has 4 nitrogen and oxygen atoms in total. The van der Waals surface area contributed by atoms with Crippen LogP contribution in [0.1, 0.15) is 5.82 Å². The highest BCUT2D eigenvalue weighted by atomic mass is 14.9. The predicted octanol–water partition coefficient (Wildman–Crippen LogP) is -1.24. The molecular formula is C8H12N4. The molecule has 0 unspecified atom stereocenters. The Labute approximate surface area is 70.5 Å². The van der Waals surface area contributed by atoms with Crippen LogP contribution >= 0.6 is 0 Å². The molecule has 1 aromatic heterocycles. The lowest BCUT2D eigenvalue weighted by Crippen LogP contribution is -2.22. The van der Waals surface area contributed by atoms with Gasteiger partial charge < -0.3 is 10.7 Å². The number of nitrogens with one attached hydrogen (secondary N) is 1. The number of aromatic amines is 1. The van der Waals surface area contributed by atoms with E-state index in [0.717, 1.165) is 16.5 Å². The van der Waals surface area contributed by atoms with Gasteiger partial charge in [-0.25, -0.2) is 4.98 Å². The van der Waals surface area contributed by atoms with E-state index in [1.165, 1.54) is 0 Å². The standard InChI is InChI=1S/C8H12N4/c1-6-7(3-4-10-2)12-8(5-9)11-6/h3-4H,1,5,9H2,2H3,(H,11,12)/b7-3+,10-4?. The highest BCUT2D eigenvalue weighted by Gasteiger charge is 1.92. The first-order chi connectivity index (χ1) is 5.77. The van der Waals surface area contributed by atoms with Crippen LogP contribution in [0.15, 0.2) is 4.99 Å². The number of aromatic nitrogens is 2. The molecule has 12 heavy (non-hydrogen) atoms. The lowest BCUT2D eigenvalue weighted by atomic mass is 10.5. The van der Waals surface area contributed by atoms with E-state index >= 15 is 0 Å². The van der Waals surface area contributed by atoms with Crippen LogP contribution in [0.5, 0.6) is 0 Å². The Kier molecular flexibility index (Phi) is 2.76. The van der Waals surface area contributed by atoms with Gasteiger partial charge in [0.15, 0.2) is 0 Å². The maximum atomic E-state index is 5.39. The van der Waals surface area contributed by atoms with Crippen LogP contribution in [-0.2, 0) is 6.54 Å². The number of imidazole rings is 1. The zero-order valence-electron chi connectivity index (χ0n) is 7.04. The van der Waals surface area contributed by atoms with Crippen molar-refractivity contribution in [1.82, 2.24) is 9.97 Å². The van der Waals surface area contributed by atoms with Crippen LogP contribution in [0.2, 0.25) is 0 Å². The molecule has 0 bridgehead atoms. The SMILES string of the molecule is C=c1[nH]c(CN)n/c1=C/C=NC. The molecule has 0 atom stereocenters. The minimum absolute atomic E-state index is 0.402. The van der Waals surface area contributed by atoms with Crippen molar-refractivity contribution in [2.45, 2.75) is 6.54 Å². The van der Waals surface area contributed by atoms with E-state index in [9.17, 15) is 0 Å². The average molecular weight is 164 g/mol. The minimum Gasteiger partial charge on any atom is -0.341 e. The van der Waals surface area contributed by atoms with E-state index in [1.807, 2.05) is 0 Å². The van der Waals surface area contributed by atoms with Crippen molar-refractivity contribution in [1.29, 1.82) is 0 Å². The highest BCUT2D eigenvalue weighted by Crippen LogP contribution is 1.73. The summed E-state index contributed by atoms with van der Waals surface area (Å²) < 4.78 is 0. The number of hydrogen-bond donors (Lipinski definition) is 2. The number of aliphatic imine (C=N–C) groups is 1. The highest BCUT2D eigenvalue weighted by molar-refractivity contribution is 5.90. The molecule has 1 rings (SSSR count). The van der Waals surface area contributed by atoms with E-state index in [1.54, 1.807) is 19.3 Å². The van der Waals surface area contributed by atoms with Crippen LogP contribution < -0.4 is 16.4 Å². The third kappa shape index (κ3) is 1.79. The summed E-state index contributed by atoms with van der Waals surface area (Å²) >= 11 is 0. The molecule has 0 aliphatic heterocycles. The van der Waals surface area contributed by atoms with Crippen molar-refractivity contribution in [3.05, 3.63) is 16.5 Å². The number of nitrogens with zero attached hydrogens (tertiary/aromatic N) is 2. The molecule has 4 heteroatoms. The van der Waals surface area contributed by atoms with Gasteiger partial charge in [0.1, 0.15) is 5.82 Å². The lowest BCUT2D eigenvalue weighted by molar-refractivity contribution is 0.943. The average Bonchev–Trinajstić information content (AvgIpc) is 2.43. The Balaban J connectivity index is 3.16. The minimum atomic E-state index is 0.402.